The van der Waals surface area contributed by atoms with E-state index in [-0.39, 0.29) is 5.91 Å². The van der Waals surface area contributed by atoms with E-state index in [1.54, 1.807) is 0 Å². The number of carbonyl (C=O) groups is 1. The molecule has 146 valence electrons. The Morgan fingerprint density at radius 3 is 2.27 bits per heavy atom. The van der Waals surface area contributed by atoms with Crippen LogP contribution in [0.2, 0.25) is 0 Å². The fourth-order valence-corrected chi connectivity index (χ4v) is 4.86. The van der Waals surface area contributed by atoms with Gasteiger partial charge in [0.1, 0.15) is 0 Å². The lowest BCUT2D eigenvalue weighted by molar-refractivity contribution is 0.103. The molecule has 0 saturated heterocycles. The molecular weight excluding hydrogens is 368 g/mol. The first-order chi connectivity index (χ1) is 14.7. The zero-order valence-electron chi connectivity index (χ0n) is 16.7. The van der Waals surface area contributed by atoms with E-state index in [1.807, 2.05) is 18.2 Å². The largest absolute Gasteiger partial charge is 0.321 e. The number of carbonyl (C=O) groups excluding carboxylic acids is 1. The molecule has 0 spiro atoms. The summed E-state index contributed by atoms with van der Waals surface area (Å²) < 4.78 is 0. The zero-order chi connectivity index (χ0) is 20.1. The average Bonchev–Trinajstić information content (AvgIpc) is 3.33. The van der Waals surface area contributed by atoms with Gasteiger partial charge in [-0.15, -0.1) is 0 Å². The van der Waals surface area contributed by atoms with Gasteiger partial charge in [-0.05, 0) is 51.8 Å². The van der Waals surface area contributed by atoms with Crippen LogP contribution in [0, 0.1) is 0 Å². The van der Waals surface area contributed by atoms with E-state index >= 15 is 0 Å². The van der Waals surface area contributed by atoms with Gasteiger partial charge in [-0.3, -0.25) is 9.69 Å². The minimum Gasteiger partial charge on any atom is -0.321 e. The fourth-order valence-electron chi connectivity index (χ4n) is 4.86. The van der Waals surface area contributed by atoms with Crippen LogP contribution in [-0.2, 0) is 26.1 Å². The SMILES string of the molecule is O=C1Nc2ccc(Cc3ccc(CN4Cc5ccccc5C4)cc3)c3cccc1c23. The molecule has 30 heavy (non-hydrogen) atoms. The molecule has 3 heteroatoms. The van der Waals surface area contributed by atoms with Crippen LogP contribution in [-0.4, -0.2) is 10.8 Å². The van der Waals surface area contributed by atoms with Gasteiger partial charge in [-0.1, -0.05) is 66.7 Å². The third-order valence-corrected chi connectivity index (χ3v) is 6.35. The number of rotatable bonds is 4. The van der Waals surface area contributed by atoms with Crippen molar-refractivity contribution in [2.45, 2.75) is 26.1 Å². The van der Waals surface area contributed by atoms with E-state index in [0.717, 1.165) is 42.7 Å². The van der Waals surface area contributed by atoms with Gasteiger partial charge in [0.25, 0.3) is 5.91 Å². The maximum atomic E-state index is 12.2. The maximum absolute atomic E-state index is 12.2. The second kappa shape index (κ2) is 6.82. The highest BCUT2D eigenvalue weighted by molar-refractivity contribution is 6.24. The molecule has 1 amide bonds. The van der Waals surface area contributed by atoms with Gasteiger partial charge in [0.15, 0.2) is 0 Å². The Hall–Kier alpha value is -3.43. The minimum absolute atomic E-state index is 0.00108. The van der Waals surface area contributed by atoms with E-state index in [4.69, 9.17) is 0 Å². The summed E-state index contributed by atoms with van der Waals surface area (Å²) in [5, 5.41) is 5.20. The van der Waals surface area contributed by atoms with Crippen molar-refractivity contribution in [3.63, 3.8) is 0 Å². The van der Waals surface area contributed by atoms with Crippen LogP contribution in [0.4, 0.5) is 5.69 Å². The summed E-state index contributed by atoms with van der Waals surface area (Å²) in [5.41, 5.74) is 8.52. The molecule has 2 aliphatic rings. The first kappa shape index (κ1) is 17.4. The minimum atomic E-state index is 0.00108. The van der Waals surface area contributed by atoms with Gasteiger partial charge in [0.2, 0.25) is 0 Å². The van der Waals surface area contributed by atoms with Crippen molar-refractivity contribution in [2.75, 3.05) is 5.32 Å². The average molecular weight is 390 g/mol. The number of nitrogens with one attached hydrogen (secondary N) is 1. The van der Waals surface area contributed by atoms with Gasteiger partial charge in [-0.25, -0.2) is 0 Å². The number of anilines is 1. The number of amides is 1. The second-order valence-corrected chi connectivity index (χ2v) is 8.36. The second-order valence-electron chi connectivity index (χ2n) is 8.36. The molecule has 0 atom stereocenters. The first-order valence-electron chi connectivity index (χ1n) is 10.5. The molecule has 0 radical (unpaired) electrons. The molecule has 2 heterocycles. The van der Waals surface area contributed by atoms with Crippen molar-refractivity contribution in [1.82, 2.24) is 4.90 Å². The molecule has 2 aliphatic heterocycles. The van der Waals surface area contributed by atoms with Crippen molar-refractivity contribution in [1.29, 1.82) is 0 Å². The lowest BCUT2D eigenvalue weighted by Gasteiger charge is -2.15. The van der Waals surface area contributed by atoms with Crippen LogP contribution in [0.5, 0.6) is 0 Å². The number of hydrogen-bond donors (Lipinski definition) is 1. The van der Waals surface area contributed by atoms with Crippen molar-refractivity contribution in [3.8, 4) is 0 Å². The Kier molecular flexibility index (Phi) is 3.96. The third-order valence-electron chi connectivity index (χ3n) is 6.35. The molecule has 4 aromatic carbocycles. The quantitative estimate of drug-likeness (QED) is 0.498. The lowest BCUT2D eigenvalue weighted by atomic mass is 9.95. The number of fused-ring (bicyclic) bond motifs is 1. The topological polar surface area (TPSA) is 32.3 Å². The van der Waals surface area contributed by atoms with Gasteiger partial charge in [0, 0.05) is 36.3 Å². The Morgan fingerprint density at radius 1 is 0.767 bits per heavy atom. The molecule has 1 N–H and O–H groups in total. The highest BCUT2D eigenvalue weighted by atomic mass is 16.1. The molecule has 0 aliphatic carbocycles. The number of benzene rings is 4. The molecule has 4 aromatic rings. The van der Waals surface area contributed by atoms with E-state index in [1.165, 1.54) is 33.2 Å². The monoisotopic (exact) mass is 390 g/mol. The third kappa shape index (κ3) is 2.90. The molecule has 0 bridgehead atoms. The van der Waals surface area contributed by atoms with Crippen LogP contribution >= 0.6 is 0 Å². The summed E-state index contributed by atoms with van der Waals surface area (Å²) >= 11 is 0. The smallest absolute Gasteiger partial charge is 0.256 e. The fraction of sp³-hybridized carbons (Fsp3) is 0.148. The number of hydrogen-bond acceptors (Lipinski definition) is 2. The summed E-state index contributed by atoms with van der Waals surface area (Å²) in [5.74, 6) is 0.00108. The van der Waals surface area contributed by atoms with Gasteiger partial charge < -0.3 is 5.32 Å². The van der Waals surface area contributed by atoms with Crippen molar-refractivity contribution >= 4 is 22.4 Å². The summed E-state index contributed by atoms with van der Waals surface area (Å²) in [4.78, 5) is 14.6. The molecule has 0 saturated carbocycles. The van der Waals surface area contributed by atoms with E-state index in [2.05, 4.69) is 70.9 Å². The molecule has 0 aromatic heterocycles. The highest BCUT2D eigenvalue weighted by Gasteiger charge is 2.22. The van der Waals surface area contributed by atoms with Crippen molar-refractivity contribution < 1.29 is 4.79 Å². The van der Waals surface area contributed by atoms with E-state index < -0.39 is 0 Å². The van der Waals surface area contributed by atoms with Crippen LogP contribution in [0.15, 0.2) is 78.9 Å². The standard InChI is InChI=1S/C27H22N2O/c30-27-24-7-3-6-23-20(12-13-25(28-27)26(23)24)14-18-8-10-19(11-9-18)15-29-16-21-4-1-2-5-22(21)17-29/h1-13H,14-17H2,(H,28,30). The summed E-state index contributed by atoms with van der Waals surface area (Å²) in [6, 6.07) is 27.9. The predicted octanol–water partition coefficient (Wildman–Crippen LogP) is 5.51. The van der Waals surface area contributed by atoms with Crippen molar-refractivity contribution in [2.24, 2.45) is 0 Å². The Morgan fingerprint density at radius 2 is 1.50 bits per heavy atom. The van der Waals surface area contributed by atoms with Crippen molar-refractivity contribution in [3.05, 3.63) is 112 Å². The normalized spacial score (nSPS) is 14.9. The molecule has 0 fully saturated rings. The Labute approximate surface area is 176 Å². The number of nitrogens with zero attached hydrogens (tertiary/aromatic N) is 1. The van der Waals surface area contributed by atoms with E-state index in [9.17, 15) is 4.79 Å². The molecule has 6 rings (SSSR count). The molecule has 0 unspecified atom stereocenters. The van der Waals surface area contributed by atoms with Gasteiger partial charge >= 0.3 is 0 Å². The molecular formula is C27H22N2O. The summed E-state index contributed by atoms with van der Waals surface area (Å²) in [6.07, 6.45) is 0.865. The maximum Gasteiger partial charge on any atom is 0.256 e. The van der Waals surface area contributed by atoms with Crippen LogP contribution in [0.25, 0.3) is 10.8 Å². The predicted molar refractivity (Wildman–Crippen MR) is 121 cm³/mol. The van der Waals surface area contributed by atoms with Gasteiger partial charge in [-0.2, -0.15) is 0 Å². The first-order valence-corrected chi connectivity index (χ1v) is 10.5. The van der Waals surface area contributed by atoms with Crippen LogP contribution < -0.4 is 5.32 Å². The molecule has 3 nitrogen and oxygen atoms in total. The summed E-state index contributed by atoms with van der Waals surface area (Å²) in [7, 11) is 0. The summed E-state index contributed by atoms with van der Waals surface area (Å²) in [6.45, 7) is 3.04. The highest BCUT2D eigenvalue weighted by Crippen LogP contribution is 2.35. The van der Waals surface area contributed by atoms with Crippen LogP contribution in [0.3, 0.4) is 0 Å². The Balaban J connectivity index is 1.21. The Bertz CT molecular complexity index is 1270. The van der Waals surface area contributed by atoms with Gasteiger partial charge in [0.05, 0.1) is 0 Å². The lowest BCUT2D eigenvalue weighted by Crippen LogP contribution is -2.15. The zero-order valence-corrected chi connectivity index (χ0v) is 16.7. The van der Waals surface area contributed by atoms with Crippen LogP contribution in [0.1, 0.15) is 38.2 Å². The van der Waals surface area contributed by atoms with E-state index in [0.29, 0.717) is 0 Å².